The van der Waals surface area contributed by atoms with Gasteiger partial charge in [-0.25, -0.2) is 4.39 Å². The maximum absolute atomic E-state index is 13.0. The highest BCUT2D eigenvalue weighted by molar-refractivity contribution is 9.10. The van der Waals surface area contributed by atoms with Crippen LogP contribution in [0, 0.1) is 19.7 Å². The van der Waals surface area contributed by atoms with Gasteiger partial charge in [0.15, 0.2) is 0 Å². The fourth-order valence-electron chi connectivity index (χ4n) is 1.81. The first-order valence-electron chi connectivity index (χ1n) is 5.19. The van der Waals surface area contributed by atoms with E-state index in [-0.39, 0.29) is 5.82 Å². The Morgan fingerprint density at radius 1 is 1.24 bits per heavy atom. The van der Waals surface area contributed by atoms with E-state index in [1.165, 1.54) is 12.1 Å². The van der Waals surface area contributed by atoms with Crippen molar-refractivity contribution in [1.82, 2.24) is 0 Å². The molecule has 1 aromatic heterocycles. The summed E-state index contributed by atoms with van der Waals surface area (Å²) in [5.74, 6) is -0.314. The Morgan fingerprint density at radius 2 is 1.94 bits per heavy atom. The highest BCUT2D eigenvalue weighted by Crippen LogP contribution is 2.34. The Balaban J connectivity index is 2.43. The van der Waals surface area contributed by atoms with Crippen molar-refractivity contribution in [2.45, 2.75) is 20.0 Å². The Hall–Kier alpha value is -0.710. The Bertz CT molecular complexity index is 550. The molecule has 17 heavy (non-hydrogen) atoms. The minimum atomic E-state index is -0.713. The lowest BCUT2D eigenvalue weighted by Gasteiger charge is -2.12. The quantitative estimate of drug-likeness (QED) is 0.873. The van der Waals surface area contributed by atoms with E-state index < -0.39 is 6.10 Å². The van der Waals surface area contributed by atoms with Gasteiger partial charge in [-0.2, -0.15) is 0 Å². The van der Waals surface area contributed by atoms with Crippen molar-refractivity contribution in [2.75, 3.05) is 0 Å². The van der Waals surface area contributed by atoms with Crippen LogP contribution in [0.2, 0.25) is 0 Å². The summed E-state index contributed by atoms with van der Waals surface area (Å²) in [6, 6.07) is 6.31. The normalized spacial score (nSPS) is 12.8. The van der Waals surface area contributed by atoms with Gasteiger partial charge in [-0.3, -0.25) is 0 Å². The number of rotatable bonds is 2. The second-order valence-corrected chi connectivity index (χ2v) is 6.25. The standard InChI is InChI=1S/C13H12BrFOS/c1-7-5-11(8(2)17-7)13(16)10-4-3-9(15)6-12(10)14/h3-6,13,16H,1-2H3. The largest absolute Gasteiger partial charge is 0.384 e. The zero-order chi connectivity index (χ0) is 12.6. The third kappa shape index (κ3) is 2.59. The summed E-state index contributed by atoms with van der Waals surface area (Å²) in [5, 5.41) is 10.3. The fourth-order valence-corrected chi connectivity index (χ4v) is 3.34. The number of aryl methyl sites for hydroxylation is 2. The molecule has 0 aliphatic heterocycles. The fraction of sp³-hybridized carbons (Fsp3) is 0.231. The van der Waals surface area contributed by atoms with Gasteiger partial charge in [0.25, 0.3) is 0 Å². The van der Waals surface area contributed by atoms with Crippen molar-refractivity contribution in [3.8, 4) is 0 Å². The minimum absolute atomic E-state index is 0.314. The van der Waals surface area contributed by atoms with Gasteiger partial charge >= 0.3 is 0 Å². The molecule has 0 radical (unpaired) electrons. The summed E-state index contributed by atoms with van der Waals surface area (Å²) in [6.07, 6.45) is -0.713. The van der Waals surface area contributed by atoms with E-state index in [9.17, 15) is 9.50 Å². The van der Waals surface area contributed by atoms with Gasteiger partial charge < -0.3 is 5.11 Å². The van der Waals surface area contributed by atoms with Crippen molar-refractivity contribution >= 4 is 27.3 Å². The Morgan fingerprint density at radius 3 is 2.47 bits per heavy atom. The van der Waals surface area contributed by atoms with Gasteiger partial charge in [0.1, 0.15) is 11.9 Å². The average Bonchev–Trinajstić information content (AvgIpc) is 2.57. The molecule has 0 bridgehead atoms. The molecule has 1 unspecified atom stereocenters. The molecule has 1 nitrogen and oxygen atoms in total. The molecule has 1 aromatic carbocycles. The van der Waals surface area contributed by atoms with Crippen molar-refractivity contribution in [1.29, 1.82) is 0 Å². The lowest BCUT2D eigenvalue weighted by atomic mass is 10.0. The second-order valence-electron chi connectivity index (χ2n) is 3.94. The summed E-state index contributed by atoms with van der Waals surface area (Å²) in [5.41, 5.74) is 1.58. The summed E-state index contributed by atoms with van der Waals surface area (Å²) < 4.78 is 13.6. The minimum Gasteiger partial charge on any atom is -0.384 e. The molecular formula is C13H12BrFOS. The first-order valence-corrected chi connectivity index (χ1v) is 6.80. The number of benzene rings is 1. The zero-order valence-corrected chi connectivity index (χ0v) is 11.9. The highest BCUT2D eigenvalue weighted by Gasteiger charge is 2.17. The molecule has 0 saturated heterocycles. The maximum atomic E-state index is 13.0. The number of halogens is 2. The molecule has 0 aliphatic carbocycles. The monoisotopic (exact) mass is 314 g/mol. The van der Waals surface area contributed by atoms with E-state index in [4.69, 9.17) is 0 Å². The smallest absolute Gasteiger partial charge is 0.124 e. The van der Waals surface area contributed by atoms with E-state index in [0.29, 0.717) is 10.0 Å². The molecule has 0 fully saturated rings. The van der Waals surface area contributed by atoms with Crippen LogP contribution >= 0.6 is 27.3 Å². The SMILES string of the molecule is Cc1cc(C(O)c2ccc(F)cc2Br)c(C)s1. The second kappa shape index (κ2) is 4.88. The molecule has 4 heteroatoms. The van der Waals surface area contributed by atoms with Crippen LogP contribution in [0.15, 0.2) is 28.7 Å². The maximum Gasteiger partial charge on any atom is 0.124 e. The summed E-state index contributed by atoms with van der Waals surface area (Å²) >= 11 is 4.93. The van der Waals surface area contributed by atoms with Crippen molar-refractivity contribution in [3.05, 3.63) is 55.4 Å². The van der Waals surface area contributed by atoms with Crippen LogP contribution < -0.4 is 0 Å². The van der Waals surface area contributed by atoms with Crippen LogP contribution in [-0.2, 0) is 0 Å². The molecule has 1 heterocycles. The van der Waals surface area contributed by atoms with Crippen LogP contribution in [0.5, 0.6) is 0 Å². The van der Waals surface area contributed by atoms with Gasteiger partial charge in [0, 0.05) is 14.2 Å². The average molecular weight is 315 g/mol. The third-order valence-corrected chi connectivity index (χ3v) is 4.30. The number of hydrogen-bond acceptors (Lipinski definition) is 2. The third-order valence-electron chi connectivity index (χ3n) is 2.63. The Kier molecular flexibility index (Phi) is 3.66. The lowest BCUT2D eigenvalue weighted by Crippen LogP contribution is -2.01. The predicted molar refractivity (Wildman–Crippen MR) is 72.0 cm³/mol. The summed E-state index contributed by atoms with van der Waals surface area (Å²) in [4.78, 5) is 2.25. The molecule has 2 rings (SSSR count). The molecule has 0 saturated carbocycles. The zero-order valence-electron chi connectivity index (χ0n) is 9.50. The number of hydrogen-bond donors (Lipinski definition) is 1. The first kappa shape index (κ1) is 12.7. The van der Waals surface area contributed by atoms with E-state index in [1.807, 2.05) is 19.9 Å². The molecule has 0 spiro atoms. The van der Waals surface area contributed by atoms with Crippen LogP contribution in [-0.4, -0.2) is 5.11 Å². The van der Waals surface area contributed by atoms with Crippen molar-refractivity contribution in [3.63, 3.8) is 0 Å². The van der Waals surface area contributed by atoms with E-state index in [1.54, 1.807) is 17.4 Å². The number of aliphatic hydroxyl groups excluding tert-OH is 1. The number of aliphatic hydroxyl groups is 1. The molecule has 0 aliphatic rings. The Labute approximate surface area is 112 Å². The van der Waals surface area contributed by atoms with Crippen molar-refractivity contribution in [2.24, 2.45) is 0 Å². The van der Waals surface area contributed by atoms with Gasteiger partial charge in [0.2, 0.25) is 0 Å². The molecule has 1 atom stereocenters. The molecule has 0 amide bonds. The van der Waals surface area contributed by atoms with E-state index in [0.717, 1.165) is 15.3 Å². The van der Waals surface area contributed by atoms with Crippen LogP contribution in [0.3, 0.4) is 0 Å². The summed E-state index contributed by atoms with van der Waals surface area (Å²) in [7, 11) is 0. The molecule has 90 valence electrons. The van der Waals surface area contributed by atoms with E-state index in [2.05, 4.69) is 15.9 Å². The van der Waals surface area contributed by atoms with Gasteiger partial charge in [0.05, 0.1) is 0 Å². The van der Waals surface area contributed by atoms with Crippen LogP contribution in [0.1, 0.15) is 27.0 Å². The topological polar surface area (TPSA) is 20.2 Å². The first-order chi connectivity index (χ1) is 7.99. The molecule has 1 N–H and O–H groups in total. The van der Waals surface area contributed by atoms with Gasteiger partial charge in [-0.1, -0.05) is 22.0 Å². The lowest BCUT2D eigenvalue weighted by molar-refractivity contribution is 0.219. The van der Waals surface area contributed by atoms with Gasteiger partial charge in [-0.05, 0) is 43.2 Å². The predicted octanol–water partition coefficient (Wildman–Crippen LogP) is 4.35. The van der Waals surface area contributed by atoms with Crippen molar-refractivity contribution < 1.29 is 9.50 Å². The molecule has 2 aromatic rings. The number of thiophene rings is 1. The molecular weight excluding hydrogens is 303 g/mol. The highest BCUT2D eigenvalue weighted by atomic mass is 79.9. The van der Waals surface area contributed by atoms with Gasteiger partial charge in [-0.15, -0.1) is 11.3 Å². The van der Waals surface area contributed by atoms with Crippen LogP contribution in [0.4, 0.5) is 4.39 Å². The summed E-state index contributed by atoms with van der Waals surface area (Å²) in [6.45, 7) is 3.99. The van der Waals surface area contributed by atoms with E-state index >= 15 is 0 Å². The van der Waals surface area contributed by atoms with Crippen LogP contribution in [0.25, 0.3) is 0 Å².